The topological polar surface area (TPSA) is 43.1 Å². The van der Waals surface area contributed by atoms with E-state index >= 15 is 0 Å². The molecule has 0 aromatic heterocycles. The number of primary amides is 1. The molecule has 0 fully saturated rings. The van der Waals surface area contributed by atoms with E-state index in [-0.39, 0.29) is 11.8 Å². The molecule has 0 saturated heterocycles. The maximum atomic E-state index is 11.0. The molecule has 0 aliphatic carbocycles. The first kappa shape index (κ1) is 11.8. The van der Waals surface area contributed by atoms with E-state index in [1.165, 1.54) is 5.56 Å². The average Bonchev–Trinajstić information content (AvgIpc) is 2.26. The van der Waals surface area contributed by atoms with Crippen LogP contribution >= 0.6 is 0 Å². The standard InChI is InChI=1S/C13H19NO/c1-3-11(9-10(2)13(14)15)12-7-5-4-6-8-12/h4-8,10-11H,3,9H2,1-2H3,(H2,14,15). The molecule has 0 saturated carbocycles. The molecule has 1 amide bonds. The summed E-state index contributed by atoms with van der Waals surface area (Å²) in [5.74, 6) is 0.188. The molecule has 2 unspecified atom stereocenters. The minimum atomic E-state index is -0.204. The second-order valence-corrected chi connectivity index (χ2v) is 4.05. The Bertz CT molecular complexity index is 308. The second-order valence-electron chi connectivity index (χ2n) is 4.05. The van der Waals surface area contributed by atoms with Crippen molar-refractivity contribution in [3.05, 3.63) is 35.9 Å². The van der Waals surface area contributed by atoms with Gasteiger partial charge < -0.3 is 5.73 Å². The second kappa shape index (κ2) is 5.54. The van der Waals surface area contributed by atoms with E-state index in [4.69, 9.17) is 5.73 Å². The zero-order valence-electron chi connectivity index (χ0n) is 9.44. The van der Waals surface area contributed by atoms with Crippen molar-refractivity contribution < 1.29 is 4.79 Å². The Morgan fingerprint density at radius 1 is 1.33 bits per heavy atom. The van der Waals surface area contributed by atoms with Crippen LogP contribution in [0, 0.1) is 5.92 Å². The van der Waals surface area contributed by atoms with Crippen molar-refractivity contribution in [3.8, 4) is 0 Å². The molecule has 2 heteroatoms. The summed E-state index contributed by atoms with van der Waals surface area (Å²) in [4.78, 5) is 11.0. The number of amides is 1. The van der Waals surface area contributed by atoms with Crippen molar-refractivity contribution in [2.75, 3.05) is 0 Å². The van der Waals surface area contributed by atoms with Gasteiger partial charge in [0.05, 0.1) is 0 Å². The largest absolute Gasteiger partial charge is 0.369 e. The number of nitrogens with two attached hydrogens (primary N) is 1. The highest BCUT2D eigenvalue weighted by Gasteiger charge is 2.16. The van der Waals surface area contributed by atoms with E-state index in [9.17, 15) is 4.79 Å². The first-order valence-electron chi connectivity index (χ1n) is 5.49. The molecular weight excluding hydrogens is 186 g/mol. The van der Waals surface area contributed by atoms with Crippen LogP contribution in [0.15, 0.2) is 30.3 Å². The maximum absolute atomic E-state index is 11.0. The van der Waals surface area contributed by atoms with Crippen molar-refractivity contribution in [1.82, 2.24) is 0 Å². The molecule has 0 aliphatic heterocycles. The predicted molar refractivity (Wildman–Crippen MR) is 62.4 cm³/mol. The van der Waals surface area contributed by atoms with Crippen molar-refractivity contribution >= 4 is 5.91 Å². The molecule has 82 valence electrons. The van der Waals surface area contributed by atoms with Crippen LogP contribution < -0.4 is 5.73 Å². The molecule has 1 rings (SSSR count). The minimum absolute atomic E-state index is 0.0462. The van der Waals surface area contributed by atoms with Gasteiger partial charge in [0.1, 0.15) is 0 Å². The van der Waals surface area contributed by atoms with Crippen molar-refractivity contribution in [3.63, 3.8) is 0 Å². The Morgan fingerprint density at radius 3 is 2.40 bits per heavy atom. The van der Waals surface area contributed by atoms with E-state index in [0.29, 0.717) is 5.92 Å². The number of hydrogen-bond donors (Lipinski definition) is 1. The summed E-state index contributed by atoms with van der Waals surface area (Å²) in [5, 5.41) is 0. The van der Waals surface area contributed by atoms with Gasteiger partial charge in [-0.1, -0.05) is 44.2 Å². The number of rotatable bonds is 5. The summed E-state index contributed by atoms with van der Waals surface area (Å²) in [6.45, 7) is 4.04. The van der Waals surface area contributed by atoms with Crippen LogP contribution in [0.5, 0.6) is 0 Å². The third-order valence-corrected chi connectivity index (χ3v) is 2.89. The maximum Gasteiger partial charge on any atom is 0.220 e. The molecule has 0 spiro atoms. The smallest absolute Gasteiger partial charge is 0.220 e. The molecule has 2 atom stereocenters. The van der Waals surface area contributed by atoms with Crippen LogP contribution in [0.25, 0.3) is 0 Å². The summed E-state index contributed by atoms with van der Waals surface area (Å²) in [7, 11) is 0. The quantitative estimate of drug-likeness (QED) is 0.789. The zero-order chi connectivity index (χ0) is 11.3. The first-order chi connectivity index (χ1) is 7.15. The number of carbonyl (C=O) groups is 1. The van der Waals surface area contributed by atoms with Gasteiger partial charge in [-0.05, 0) is 24.3 Å². The lowest BCUT2D eigenvalue weighted by molar-refractivity contribution is -0.121. The molecule has 0 aliphatic rings. The lowest BCUT2D eigenvalue weighted by Crippen LogP contribution is -2.22. The fourth-order valence-electron chi connectivity index (χ4n) is 1.81. The van der Waals surface area contributed by atoms with Crippen molar-refractivity contribution in [1.29, 1.82) is 0 Å². The van der Waals surface area contributed by atoms with Gasteiger partial charge >= 0.3 is 0 Å². The number of hydrogen-bond acceptors (Lipinski definition) is 1. The Balaban J connectivity index is 2.69. The molecule has 1 aromatic carbocycles. The average molecular weight is 205 g/mol. The number of benzene rings is 1. The fraction of sp³-hybridized carbons (Fsp3) is 0.462. The molecule has 2 N–H and O–H groups in total. The molecular formula is C13H19NO. The lowest BCUT2D eigenvalue weighted by atomic mass is 9.87. The van der Waals surface area contributed by atoms with Crippen molar-refractivity contribution in [2.24, 2.45) is 11.7 Å². The van der Waals surface area contributed by atoms with Crippen LogP contribution in [-0.2, 0) is 4.79 Å². The fourth-order valence-corrected chi connectivity index (χ4v) is 1.81. The predicted octanol–water partition coefficient (Wildman–Crippen LogP) is 2.69. The summed E-state index contributed by atoms with van der Waals surface area (Å²) in [6.07, 6.45) is 1.89. The summed E-state index contributed by atoms with van der Waals surface area (Å²) in [5.41, 5.74) is 6.58. The van der Waals surface area contributed by atoms with Crippen LogP contribution in [0.1, 0.15) is 38.2 Å². The highest BCUT2D eigenvalue weighted by Crippen LogP contribution is 2.26. The molecule has 0 radical (unpaired) electrons. The molecule has 15 heavy (non-hydrogen) atoms. The lowest BCUT2D eigenvalue weighted by Gasteiger charge is -2.18. The highest BCUT2D eigenvalue weighted by atomic mass is 16.1. The third-order valence-electron chi connectivity index (χ3n) is 2.89. The Morgan fingerprint density at radius 2 is 1.93 bits per heavy atom. The normalized spacial score (nSPS) is 14.5. The van der Waals surface area contributed by atoms with Gasteiger partial charge in [0, 0.05) is 5.92 Å². The Labute approximate surface area is 91.5 Å². The SMILES string of the molecule is CCC(CC(C)C(N)=O)c1ccccc1. The Kier molecular flexibility index (Phi) is 4.35. The van der Waals surface area contributed by atoms with Gasteiger partial charge in [-0.25, -0.2) is 0 Å². The van der Waals surface area contributed by atoms with Gasteiger partial charge in [0.25, 0.3) is 0 Å². The van der Waals surface area contributed by atoms with Crippen LogP contribution in [0.4, 0.5) is 0 Å². The molecule has 2 nitrogen and oxygen atoms in total. The zero-order valence-corrected chi connectivity index (χ0v) is 9.44. The monoisotopic (exact) mass is 205 g/mol. The van der Waals surface area contributed by atoms with Gasteiger partial charge in [0.15, 0.2) is 0 Å². The van der Waals surface area contributed by atoms with Gasteiger partial charge in [-0.3, -0.25) is 4.79 Å². The third kappa shape index (κ3) is 3.39. The summed E-state index contributed by atoms with van der Waals surface area (Å²) in [6, 6.07) is 10.3. The summed E-state index contributed by atoms with van der Waals surface area (Å²) >= 11 is 0. The summed E-state index contributed by atoms with van der Waals surface area (Å²) < 4.78 is 0. The van der Waals surface area contributed by atoms with Crippen molar-refractivity contribution in [2.45, 2.75) is 32.6 Å². The molecule has 0 bridgehead atoms. The molecule has 1 aromatic rings. The molecule has 0 heterocycles. The van der Waals surface area contributed by atoms with Crippen LogP contribution in [-0.4, -0.2) is 5.91 Å². The van der Waals surface area contributed by atoms with E-state index in [0.717, 1.165) is 12.8 Å². The van der Waals surface area contributed by atoms with Gasteiger partial charge in [-0.15, -0.1) is 0 Å². The van der Waals surface area contributed by atoms with E-state index in [1.807, 2.05) is 25.1 Å². The van der Waals surface area contributed by atoms with Crippen LogP contribution in [0.3, 0.4) is 0 Å². The van der Waals surface area contributed by atoms with Gasteiger partial charge in [0.2, 0.25) is 5.91 Å². The van der Waals surface area contributed by atoms with E-state index in [2.05, 4.69) is 19.1 Å². The van der Waals surface area contributed by atoms with E-state index in [1.54, 1.807) is 0 Å². The highest BCUT2D eigenvalue weighted by molar-refractivity contribution is 5.76. The minimum Gasteiger partial charge on any atom is -0.369 e. The Hall–Kier alpha value is -1.31. The van der Waals surface area contributed by atoms with Crippen LogP contribution in [0.2, 0.25) is 0 Å². The van der Waals surface area contributed by atoms with E-state index < -0.39 is 0 Å². The van der Waals surface area contributed by atoms with Gasteiger partial charge in [-0.2, -0.15) is 0 Å². The number of carbonyl (C=O) groups excluding carboxylic acids is 1. The first-order valence-corrected chi connectivity index (χ1v) is 5.49.